The lowest BCUT2D eigenvalue weighted by molar-refractivity contribution is -0.139. The van der Waals surface area contributed by atoms with Crippen molar-refractivity contribution in [1.29, 1.82) is 0 Å². The number of fused-ring (bicyclic) bond motifs is 1. The molecule has 118 valence electrons. The fraction of sp³-hybridized carbons (Fsp3) is 0.235. The Morgan fingerprint density at radius 1 is 1.35 bits per heavy atom. The van der Waals surface area contributed by atoms with Gasteiger partial charge in [0.25, 0.3) is 0 Å². The molecule has 1 aromatic carbocycles. The van der Waals surface area contributed by atoms with Gasteiger partial charge < -0.3 is 14.6 Å². The fourth-order valence-corrected chi connectivity index (χ4v) is 2.43. The maximum Gasteiger partial charge on any atom is 0.311 e. The van der Waals surface area contributed by atoms with Crippen molar-refractivity contribution in [2.45, 2.75) is 13.0 Å². The first-order chi connectivity index (χ1) is 11.2. The predicted octanol–water partition coefficient (Wildman–Crippen LogP) is 2.30. The number of benzene rings is 1. The number of aryl methyl sites for hydroxylation is 1. The van der Waals surface area contributed by atoms with E-state index in [-0.39, 0.29) is 12.4 Å². The number of ether oxygens (including phenoxy) is 1. The number of methoxy groups -OCH3 is 1. The van der Waals surface area contributed by atoms with Gasteiger partial charge in [-0.05, 0) is 12.1 Å². The van der Waals surface area contributed by atoms with Gasteiger partial charge in [-0.15, -0.1) is 0 Å². The lowest BCUT2D eigenvalue weighted by Crippen LogP contribution is -2.09. The minimum Gasteiger partial charge on any atom is -0.469 e. The maximum absolute atomic E-state index is 11.5. The van der Waals surface area contributed by atoms with E-state index in [0.29, 0.717) is 12.2 Å². The molecule has 0 spiro atoms. The summed E-state index contributed by atoms with van der Waals surface area (Å²) in [5.74, 6) is 0.628. The number of para-hydroxylation sites is 1. The molecule has 0 unspecified atom stereocenters. The number of imidazole rings is 1. The van der Waals surface area contributed by atoms with Crippen LogP contribution in [0.1, 0.15) is 11.5 Å². The zero-order valence-corrected chi connectivity index (χ0v) is 13.1. The first-order valence-corrected chi connectivity index (χ1v) is 7.33. The fourth-order valence-electron chi connectivity index (χ4n) is 2.43. The van der Waals surface area contributed by atoms with Crippen molar-refractivity contribution in [3.8, 4) is 0 Å². The molecule has 0 aliphatic carbocycles. The summed E-state index contributed by atoms with van der Waals surface area (Å²) in [5.41, 5.74) is 2.45. The van der Waals surface area contributed by atoms with Gasteiger partial charge in [-0.2, -0.15) is 0 Å². The molecular formula is C17H18N4O2. The molecule has 0 radical (unpaired) electrons. The van der Waals surface area contributed by atoms with Gasteiger partial charge in [0, 0.05) is 30.5 Å². The maximum atomic E-state index is 11.5. The van der Waals surface area contributed by atoms with Crippen LogP contribution in [-0.4, -0.2) is 27.6 Å². The summed E-state index contributed by atoms with van der Waals surface area (Å²) in [7, 11) is 3.33. The van der Waals surface area contributed by atoms with Gasteiger partial charge in [-0.3, -0.25) is 9.78 Å². The average molecular weight is 310 g/mol. The van der Waals surface area contributed by atoms with Gasteiger partial charge in [-0.1, -0.05) is 18.2 Å². The Hall–Kier alpha value is -2.89. The van der Waals surface area contributed by atoms with Crippen LogP contribution < -0.4 is 5.32 Å². The van der Waals surface area contributed by atoms with E-state index in [1.807, 2.05) is 48.1 Å². The highest BCUT2D eigenvalue weighted by Gasteiger charge is 2.10. The summed E-state index contributed by atoms with van der Waals surface area (Å²) in [5, 5.41) is 4.40. The second kappa shape index (κ2) is 6.48. The molecule has 0 fully saturated rings. The second-order valence-electron chi connectivity index (χ2n) is 5.24. The van der Waals surface area contributed by atoms with Gasteiger partial charge in [0.05, 0.1) is 31.3 Å². The van der Waals surface area contributed by atoms with Crippen molar-refractivity contribution in [2.75, 3.05) is 12.4 Å². The topological polar surface area (TPSA) is 69.0 Å². The molecule has 3 aromatic rings. The van der Waals surface area contributed by atoms with Crippen LogP contribution in [0, 0.1) is 0 Å². The Bertz CT molecular complexity index is 841. The van der Waals surface area contributed by atoms with Crippen LogP contribution in [0.25, 0.3) is 10.9 Å². The van der Waals surface area contributed by atoms with Gasteiger partial charge in [0.1, 0.15) is 5.82 Å². The van der Waals surface area contributed by atoms with E-state index < -0.39 is 0 Å². The van der Waals surface area contributed by atoms with E-state index in [1.165, 1.54) is 7.11 Å². The smallest absolute Gasteiger partial charge is 0.311 e. The van der Waals surface area contributed by atoms with Crippen LogP contribution >= 0.6 is 0 Å². The largest absolute Gasteiger partial charge is 0.469 e. The molecule has 0 saturated heterocycles. The molecule has 0 aliphatic heterocycles. The zero-order valence-electron chi connectivity index (χ0n) is 13.1. The number of carbonyl (C=O) groups is 1. The Morgan fingerprint density at radius 3 is 2.91 bits per heavy atom. The third kappa shape index (κ3) is 3.31. The van der Waals surface area contributed by atoms with Crippen LogP contribution in [0.2, 0.25) is 0 Å². The molecule has 0 bridgehead atoms. The van der Waals surface area contributed by atoms with E-state index in [2.05, 4.69) is 15.3 Å². The number of rotatable bonds is 5. The normalized spacial score (nSPS) is 10.7. The highest BCUT2D eigenvalue weighted by molar-refractivity contribution is 5.91. The van der Waals surface area contributed by atoms with Gasteiger partial charge in [0.15, 0.2) is 0 Å². The zero-order chi connectivity index (χ0) is 16.2. The predicted molar refractivity (Wildman–Crippen MR) is 88.0 cm³/mol. The lowest BCUT2D eigenvalue weighted by atomic mass is 10.1. The summed E-state index contributed by atoms with van der Waals surface area (Å²) >= 11 is 0. The monoisotopic (exact) mass is 310 g/mol. The molecule has 2 heterocycles. The van der Waals surface area contributed by atoms with Crippen LogP contribution in [0.5, 0.6) is 0 Å². The molecule has 6 heteroatoms. The number of carbonyl (C=O) groups excluding carboxylic acids is 1. The van der Waals surface area contributed by atoms with E-state index in [9.17, 15) is 4.79 Å². The van der Waals surface area contributed by atoms with Crippen LogP contribution in [-0.2, 0) is 29.5 Å². The highest BCUT2D eigenvalue weighted by atomic mass is 16.5. The van der Waals surface area contributed by atoms with Crippen LogP contribution in [0.3, 0.4) is 0 Å². The lowest BCUT2D eigenvalue weighted by Gasteiger charge is -2.11. The molecule has 6 nitrogen and oxygen atoms in total. The number of hydrogen-bond acceptors (Lipinski definition) is 5. The average Bonchev–Trinajstić information content (AvgIpc) is 2.97. The van der Waals surface area contributed by atoms with Crippen molar-refractivity contribution in [2.24, 2.45) is 7.05 Å². The van der Waals surface area contributed by atoms with Gasteiger partial charge in [-0.25, -0.2) is 4.98 Å². The number of nitrogens with zero attached hydrogens (tertiary/aromatic N) is 3. The van der Waals surface area contributed by atoms with Crippen molar-refractivity contribution in [3.05, 3.63) is 54.2 Å². The standard InChI is InChI=1S/C17H18N4O2/c1-21-8-7-18-16(21)11-19-15-9-12(10-17(22)23-2)20-14-6-4-3-5-13(14)15/h3-9H,10-11H2,1-2H3,(H,19,20). The summed E-state index contributed by atoms with van der Waals surface area (Å²) in [6.07, 6.45) is 3.83. The number of hydrogen-bond donors (Lipinski definition) is 1. The number of pyridine rings is 1. The van der Waals surface area contributed by atoms with E-state index in [1.54, 1.807) is 6.20 Å². The Kier molecular flexibility index (Phi) is 4.23. The third-order valence-corrected chi connectivity index (χ3v) is 3.68. The molecule has 1 N–H and O–H groups in total. The van der Waals surface area contributed by atoms with E-state index >= 15 is 0 Å². The minimum absolute atomic E-state index is 0.151. The summed E-state index contributed by atoms with van der Waals surface area (Å²) in [6.45, 7) is 0.592. The second-order valence-corrected chi connectivity index (χ2v) is 5.24. The third-order valence-electron chi connectivity index (χ3n) is 3.68. The molecule has 0 amide bonds. The van der Waals surface area contributed by atoms with Crippen molar-refractivity contribution < 1.29 is 9.53 Å². The Balaban J connectivity index is 1.93. The number of esters is 1. The molecule has 3 rings (SSSR count). The summed E-state index contributed by atoms with van der Waals surface area (Å²) < 4.78 is 6.69. The van der Waals surface area contributed by atoms with E-state index in [0.717, 1.165) is 22.4 Å². The van der Waals surface area contributed by atoms with Crippen molar-refractivity contribution in [1.82, 2.24) is 14.5 Å². The van der Waals surface area contributed by atoms with Crippen LogP contribution in [0.4, 0.5) is 5.69 Å². The minimum atomic E-state index is -0.303. The molecule has 23 heavy (non-hydrogen) atoms. The molecule has 0 atom stereocenters. The number of nitrogens with one attached hydrogen (secondary N) is 1. The van der Waals surface area contributed by atoms with Crippen molar-refractivity contribution in [3.63, 3.8) is 0 Å². The molecular weight excluding hydrogens is 292 g/mol. The number of aromatic nitrogens is 3. The molecule has 0 saturated carbocycles. The van der Waals surface area contributed by atoms with Crippen LogP contribution in [0.15, 0.2) is 42.7 Å². The van der Waals surface area contributed by atoms with Gasteiger partial charge in [0.2, 0.25) is 0 Å². The van der Waals surface area contributed by atoms with E-state index in [4.69, 9.17) is 4.74 Å². The molecule has 2 aromatic heterocycles. The Morgan fingerprint density at radius 2 is 2.17 bits per heavy atom. The quantitative estimate of drug-likeness (QED) is 0.732. The Labute approximate surface area is 134 Å². The number of anilines is 1. The highest BCUT2D eigenvalue weighted by Crippen LogP contribution is 2.24. The molecule has 0 aliphatic rings. The van der Waals surface area contributed by atoms with Gasteiger partial charge >= 0.3 is 5.97 Å². The van der Waals surface area contributed by atoms with Crippen molar-refractivity contribution >= 4 is 22.6 Å². The first kappa shape index (κ1) is 15.0. The summed E-state index contributed by atoms with van der Waals surface area (Å²) in [6, 6.07) is 9.73. The summed E-state index contributed by atoms with van der Waals surface area (Å²) in [4.78, 5) is 20.4. The first-order valence-electron chi connectivity index (χ1n) is 7.33. The SMILES string of the molecule is COC(=O)Cc1cc(NCc2nccn2C)c2ccccc2n1.